The molecule has 4 unspecified atom stereocenters. The fraction of sp³-hybridized carbons (Fsp3) is 0.630. The van der Waals surface area contributed by atoms with Crippen molar-refractivity contribution in [3.8, 4) is 5.75 Å². The first kappa shape index (κ1) is 19.8. The van der Waals surface area contributed by atoms with Crippen LogP contribution in [0.5, 0.6) is 5.75 Å². The van der Waals surface area contributed by atoms with Gasteiger partial charge in [0, 0.05) is 16.0 Å². The van der Waals surface area contributed by atoms with E-state index in [0.717, 1.165) is 41.9 Å². The van der Waals surface area contributed by atoms with E-state index in [1.54, 1.807) is 0 Å². The Hall–Kier alpha value is -1.15. The van der Waals surface area contributed by atoms with Crippen molar-refractivity contribution in [3.05, 3.63) is 36.4 Å². The van der Waals surface area contributed by atoms with E-state index in [1.165, 1.54) is 79.2 Å². The maximum absolute atomic E-state index is 6.36. The number of hydrogen-bond donors (Lipinski definition) is 0. The molecule has 0 aromatic heterocycles. The fourth-order valence-corrected chi connectivity index (χ4v) is 8.06. The van der Waals surface area contributed by atoms with E-state index >= 15 is 0 Å². The van der Waals surface area contributed by atoms with Crippen molar-refractivity contribution < 1.29 is 4.74 Å². The third kappa shape index (κ3) is 4.07. The van der Waals surface area contributed by atoms with E-state index in [0.29, 0.717) is 0 Å². The predicted molar refractivity (Wildman–Crippen MR) is 125 cm³/mol. The zero-order valence-corrected chi connectivity index (χ0v) is 18.8. The molecule has 2 heteroatoms. The molecule has 3 aliphatic rings. The van der Waals surface area contributed by atoms with Crippen molar-refractivity contribution in [2.45, 2.75) is 69.6 Å². The van der Waals surface area contributed by atoms with E-state index in [9.17, 15) is 0 Å². The zero-order chi connectivity index (χ0) is 19.6. The molecular formula is C27H36OS. The molecule has 29 heavy (non-hydrogen) atoms. The summed E-state index contributed by atoms with van der Waals surface area (Å²) in [5, 5.41) is 2.68. The van der Waals surface area contributed by atoms with Gasteiger partial charge in [0.2, 0.25) is 0 Å². The first-order valence-corrected chi connectivity index (χ1v) is 13.1. The summed E-state index contributed by atoms with van der Waals surface area (Å²) >= 11 is 2.11. The van der Waals surface area contributed by atoms with Crippen LogP contribution >= 0.6 is 11.8 Å². The van der Waals surface area contributed by atoms with Crippen LogP contribution in [0.25, 0.3) is 10.8 Å². The summed E-state index contributed by atoms with van der Waals surface area (Å²) in [5.41, 5.74) is 0. The molecule has 0 aliphatic heterocycles. The Kier molecular flexibility index (Phi) is 6.09. The summed E-state index contributed by atoms with van der Waals surface area (Å²) in [7, 11) is 0. The van der Waals surface area contributed by atoms with Gasteiger partial charge in [0.1, 0.15) is 5.75 Å². The van der Waals surface area contributed by atoms with Gasteiger partial charge in [-0.15, -0.1) is 11.8 Å². The van der Waals surface area contributed by atoms with Crippen LogP contribution in [0.15, 0.2) is 41.3 Å². The Bertz CT molecular complexity index is 824. The Morgan fingerprint density at radius 1 is 0.862 bits per heavy atom. The molecule has 2 aromatic rings. The summed E-state index contributed by atoms with van der Waals surface area (Å²) in [6.07, 6.45) is 12.7. The molecule has 0 spiro atoms. The molecule has 4 atom stereocenters. The number of thioether (sulfide) groups is 1. The number of rotatable bonds is 7. The monoisotopic (exact) mass is 408 g/mol. The van der Waals surface area contributed by atoms with Crippen LogP contribution in [0, 0.1) is 29.6 Å². The van der Waals surface area contributed by atoms with Gasteiger partial charge in [-0.1, -0.05) is 56.9 Å². The van der Waals surface area contributed by atoms with Crippen LogP contribution in [-0.2, 0) is 0 Å². The zero-order valence-electron chi connectivity index (χ0n) is 17.9. The lowest BCUT2D eigenvalue weighted by atomic mass is 9.79. The number of fused-ring (bicyclic) bond motifs is 3. The van der Waals surface area contributed by atoms with Crippen LogP contribution in [0.2, 0.25) is 0 Å². The minimum Gasteiger partial charge on any atom is -0.493 e. The molecule has 2 aromatic carbocycles. The second-order valence-electron chi connectivity index (χ2n) is 9.80. The molecule has 0 N–H and O–H groups in total. The first-order valence-electron chi connectivity index (χ1n) is 12.1. The average Bonchev–Trinajstić information content (AvgIpc) is 3.38. The van der Waals surface area contributed by atoms with E-state index < -0.39 is 0 Å². The van der Waals surface area contributed by atoms with Crippen LogP contribution in [-0.4, -0.2) is 12.4 Å². The van der Waals surface area contributed by atoms with Crippen LogP contribution < -0.4 is 4.74 Å². The van der Waals surface area contributed by atoms with Gasteiger partial charge >= 0.3 is 0 Å². The van der Waals surface area contributed by atoms with Crippen molar-refractivity contribution in [1.82, 2.24) is 0 Å². The van der Waals surface area contributed by atoms with Crippen molar-refractivity contribution in [1.29, 1.82) is 0 Å². The molecule has 5 rings (SSSR count). The largest absolute Gasteiger partial charge is 0.493 e. The molecule has 0 radical (unpaired) electrons. The van der Waals surface area contributed by atoms with E-state index in [1.807, 2.05) is 0 Å². The molecule has 3 saturated carbocycles. The lowest BCUT2D eigenvalue weighted by molar-refractivity contribution is 0.210. The smallest absolute Gasteiger partial charge is 0.127 e. The Balaban J connectivity index is 1.30. The van der Waals surface area contributed by atoms with Gasteiger partial charge in [0.15, 0.2) is 0 Å². The molecule has 0 saturated heterocycles. The summed E-state index contributed by atoms with van der Waals surface area (Å²) in [4.78, 5) is 1.45. The van der Waals surface area contributed by atoms with Gasteiger partial charge in [-0.25, -0.2) is 0 Å². The summed E-state index contributed by atoms with van der Waals surface area (Å²) in [6.45, 7) is 3.30. The first-order chi connectivity index (χ1) is 14.3. The SMILES string of the molecule is CCC1C2CCC(C2)C1CSc1ccc(OCC2CCCCC2)c2ccccc12. The molecule has 3 aliphatic carbocycles. The van der Waals surface area contributed by atoms with Gasteiger partial charge in [0.25, 0.3) is 0 Å². The summed E-state index contributed by atoms with van der Waals surface area (Å²) in [5.74, 6) is 7.08. The Labute approximate surface area is 181 Å². The van der Waals surface area contributed by atoms with E-state index in [4.69, 9.17) is 4.74 Å². The minimum absolute atomic E-state index is 0.750. The standard InChI is InChI=1S/C27H36OS/c1-2-22-20-12-13-21(16-20)25(22)18-29-27-15-14-26(23-10-6-7-11-24(23)27)28-17-19-8-4-3-5-9-19/h6-7,10-11,14-15,19-22,25H,2-5,8-9,12-13,16-18H2,1H3. The highest BCUT2D eigenvalue weighted by molar-refractivity contribution is 7.99. The second-order valence-corrected chi connectivity index (χ2v) is 10.9. The third-order valence-corrected chi connectivity index (χ3v) is 9.44. The molecule has 156 valence electrons. The van der Waals surface area contributed by atoms with Gasteiger partial charge in [-0.05, 0) is 79.2 Å². The molecule has 0 amide bonds. The number of hydrogen-bond acceptors (Lipinski definition) is 2. The molecular weight excluding hydrogens is 372 g/mol. The average molecular weight is 409 g/mol. The molecule has 1 nitrogen and oxygen atoms in total. The lowest BCUT2D eigenvalue weighted by Crippen LogP contribution is -2.23. The topological polar surface area (TPSA) is 9.23 Å². The Morgan fingerprint density at radius 2 is 1.62 bits per heavy atom. The van der Waals surface area contributed by atoms with Crippen LogP contribution in [0.3, 0.4) is 0 Å². The van der Waals surface area contributed by atoms with Crippen molar-refractivity contribution in [3.63, 3.8) is 0 Å². The number of ether oxygens (including phenoxy) is 1. The van der Waals surface area contributed by atoms with Crippen molar-refractivity contribution >= 4 is 22.5 Å². The van der Waals surface area contributed by atoms with Gasteiger partial charge in [0.05, 0.1) is 6.61 Å². The Morgan fingerprint density at radius 3 is 2.41 bits per heavy atom. The van der Waals surface area contributed by atoms with E-state index in [2.05, 4.69) is 55.1 Å². The highest BCUT2D eigenvalue weighted by Crippen LogP contribution is 2.54. The molecule has 2 bridgehead atoms. The highest BCUT2D eigenvalue weighted by Gasteiger charge is 2.46. The van der Waals surface area contributed by atoms with Gasteiger partial charge in [-0.2, -0.15) is 0 Å². The lowest BCUT2D eigenvalue weighted by Gasteiger charge is -2.30. The normalized spacial score (nSPS) is 29.6. The third-order valence-electron chi connectivity index (χ3n) is 8.22. The molecule has 0 heterocycles. The van der Waals surface area contributed by atoms with Gasteiger partial charge < -0.3 is 4.74 Å². The van der Waals surface area contributed by atoms with Crippen LogP contribution in [0.1, 0.15) is 64.7 Å². The van der Waals surface area contributed by atoms with E-state index in [-0.39, 0.29) is 0 Å². The fourth-order valence-electron chi connectivity index (χ4n) is 6.67. The number of benzene rings is 2. The van der Waals surface area contributed by atoms with Crippen molar-refractivity contribution in [2.24, 2.45) is 29.6 Å². The maximum atomic E-state index is 6.36. The van der Waals surface area contributed by atoms with Gasteiger partial charge in [-0.3, -0.25) is 0 Å². The second kappa shape index (κ2) is 8.92. The van der Waals surface area contributed by atoms with Crippen LogP contribution in [0.4, 0.5) is 0 Å². The molecule has 3 fully saturated rings. The minimum atomic E-state index is 0.750. The maximum Gasteiger partial charge on any atom is 0.127 e. The highest BCUT2D eigenvalue weighted by atomic mass is 32.2. The van der Waals surface area contributed by atoms with Crippen molar-refractivity contribution in [2.75, 3.05) is 12.4 Å². The quantitative estimate of drug-likeness (QED) is 0.430. The predicted octanol–water partition coefficient (Wildman–Crippen LogP) is 7.96. The summed E-state index contributed by atoms with van der Waals surface area (Å²) < 4.78 is 6.36. The summed E-state index contributed by atoms with van der Waals surface area (Å²) in [6, 6.07) is 13.5.